The number of nitriles is 1. The molecule has 3 heteroatoms. The Morgan fingerprint density at radius 2 is 1.89 bits per heavy atom. The van der Waals surface area contributed by atoms with Gasteiger partial charge in [0.2, 0.25) is 0 Å². The van der Waals surface area contributed by atoms with E-state index in [0.29, 0.717) is 16.3 Å². The fourth-order valence-electron chi connectivity index (χ4n) is 1.77. The van der Waals surface area contributed by atoms with Crippen LogP contribution in [0.4, 0.5) is 0 Å². The lowest BCUT2D eigenvalue weighted by Crippen LogP contribution is -1.90. The van der Waals surface area contributed by atoms with Crippen molar-refractivity contribution in [1.82, 2.24) is 0 Å². The Balaban J connectivity index is 2.36. The Morgan fingerprint density at radius 1 is 1.21 bits per heavy atom. The number of halogens is 1. The molecule has 0 aliphatic heterocycles. The highest BCUT2D eigenvalue weighted by molar-refractivity contribution is 6.32. The van der Waals surface area contributed by atoms with Gasteiger partial charge in [-0.2, -0.15) is 5.26 Å². The van der Waals surface area contributed by atoms with E-state index in [9.17, 15) is 0 Å². The van der Waals surface area contributed by atoms with Gasteiger partial charge >= 0.3 is 0 Å². The van der Waals surface area contributed by atoms with Crippen LogP contribution >= 0.6 is 11.6 Å². The second-order valence-corrected chi connectivity index (χ2v) is 4.42. The molecule has 0 saturated carbocycles. The molecule has 2 nitrogen and oxygen atoms in total. The monoisotopic (exact) mass is 269 g/mol. The number of hydrogen-bond acceptors (Lipinski definition) is 2. The maximum atomic E-state index is 8.78. The highest BCUT2D eigenvalue weighted by Crippen LogP contribution is 2.30. The molecular weight excluding hydrogens is 258 g/mol. The zero-order valence-corrected chi connectivity index (χ0v) is 11.2. The van der Waals surface area contributed by atoms with Crippen molar-refractivity contribution in [3.05, 3.63) is 70.8 Å². The van der Waals surface area contributed by atoms with Crippen molar-refractivity contribution >= 4 is 17.2 Å². The summed E-state index contributed by atoms with van der Waals surface area (Å²) in [5.41, 5.74) is 3.23. The van der Waals surface area contributed by atoms with Gasteiger partial charge in [-0.3, -0.25) is 0 Å². The van der Waals surface area contributed by atoms with Crippen LogP contribution in [0, 0.1) is 11.3 Å². The van der Waals surface area contributed by atoms with E-state index in [1.165, 1.54) is 0 Å². The molecule has 0 spiro atoms. The van der Waals surface area contributed by atoms with Crippen LogP contribution in [0.15, 0.2) is 49.0 Å². The second kappa shape index (κ2) is 5.60. The van der Waals surface area contributed by atoms with Gasteiger partial charge in [-0.15, -0.1) is 0 Å². The summed E-state index contributed by atoms with van der Waals surface area (Å²) in [6.07, 6.45) is 0. The third-order valence-corrected chi connectivity index (χ3v) is 3.18. The Morgan fingerprint density at radius 3 is 2.42 bits per heavy atom. The topological polar surface area (TPSA) is 33.0 Å². The van der Waals surface area contributed by atoms with Crippen LogP contribution in [0.1, 0.15) is 16.7 Å². The van der Waals surface area contributed by atoms with Crippen molar-refractivity contribution in [3.63, 3.8) is 0 Å². The molecule has 0 aliphatic carbocycles. The molecule has 0 saturated heterocycles. The molecule has 0 N–H and O–H groups in total. The highest BCUT2D eigenvalue weighted by atomic mass is 35.5. The van der Waals surface area contributed by atoms with Crippen molar-refractivity contribution < 1.29 is 4.74 Å². The Kier molecular flexibility index (Phi) is 3.89. The lowest BCUT2D eigenvalue weighted by molar-refractivity contribution is 0.415. The van der Waals surface area contributed by atoms with Gasteiger partial charge in [0.25, 0.3) is 0 Å². The molecule has 2 aromatic rings. The fraction of sp³-hybridized carbons (Fsp3) is 0.0625. The van der Waals surface area contributed by atoms with Crippen LogP contribution in [0.25, 0.3) is 5.57 Å². The summed E-state index contributed by atoms with van der Waals surface area (Å²) in [6.45, 7) is 4.06. The van der Waals surface area contributed by atoms with E-state index in [1.54, 1.807) is 25.3 Å². The first-order chi connectivity index (χ1) is 9.15. The predicted molar refractivity (Wildman–Crippen MR) is 77.3 cm³/mol. The summed E-state index contributed by atoms with van der Waals surface area (Å²) >= 11 is 6.22. The second-order valence-electron chi connectivity index (χ2n) is 4.01. The molecule has 0 unspecified atom stereocenters. The maximum Gasteiger partial charge on any atom is 0.120 e. The molecule has 0 atom stereocenters. The molecule has 2 aromatic carbocycles. The maximum absolute atomic E-state index is 8.78. The van der Waals surface area contributed by atoms with E-state index in [2.05, 4.69) is 12.6 Å². The molecule has 19 heavy (non-hydrogen) atoms. The van der Waals surface area contributed by atoms with E-state index in [4.69, 9.17) is 21.6 Å². The van der Waals surface area contributed by atoms with Crippen molar-refractivity contribution in [1.29, 1.82) is 5.26 Å². The third-order valence-electron chi connectivity index (χ3n) is 2.86. The summed E-state index contributed by atoms with van der Waals surface area (Å²) < 4.78 is 5.12. The van der Waals surface area contributed by atoms with E-state index in [0.717, 1.165) is 16.7 Å². The van der Waals surface area contributed by atoms with Gasteiger partial charge < -0.3 is 4.74 Å². The lowest BCUT2D eigenvalue weighted by Gasteiger charge is -2.10. The third kappa shape index (κ3) is 2.78. The molecule has 0 bridgehead atoms. The molecule has 0 heterocycles. The number of benzene rings is 2. The SMILES string of the molecule is C=C(c1ccc(C#N)cc1)c1ccc(OC)cc1Cl. The Bertz CT molecular complexity index is 653. The number of methoxy groups -OCH3 is 1. The van der Waals surface area contributed by atoms with Gasteiger partial charge in [0.05, 0.1) is 23.8 Å². The number of hydrogen-bond donors (Lipinski definition) is 0. The Hall–Kier alpha value is -2.24. The van der Waals surface area contributed by atoms with E-state index < -0.39 is 0 Å². The van der Waals surface area contributed by atoms with Crippen molar-refractivity contribution in [2.45, 2.75) is 0 Å². The standard InChI is InChI=1S/C16H12ClNO/c1-11(13-5-3-12(10-18)4-6-13)15-8-7-14(19-2)9-16(15)17/h3-9H,1H2,2H3. The predicted octanol–water partition coefficient (Wildman–Crippen LogP) is 4.28. The van der Waals surface area contributed by atoms with Crippen molar-refractivity contribution in [2.24, 2.45) is 0 Å². The van der Waals surface area contributed by atoms with Crippen LogP contribution in [0.5, 0.6) is 5.75 Å². The molecular formula is C16H12ClNO. The summed E-state index contributed by atoms with van der Waals surface area (Å²) in [6, 6.07) is 14.8. The van der Waals surface area contributed by atoms with Crippen LogP contribution < -0.4 is 4.74 Å². The van der Waals surface area contributed by atoms with Crippen LogP contribution in [-0.2, 0) is 0 Å². The van der Waals surface area contributed by atoms with Gasteiger partial charge in [0.1, 0.15) is 5.75 Å². The number of nitrogens with zero attached hydrogens (tertiary/aromatic N) is 1. The summed E-state index contributed by atoms with van der Waals surface area (Å²) in [4.78, 5) is 0. The quantitative estimate of drug-likeness (QED) is 0.833. The highest BCUT2D eigenvalue weighted by Gasteiger charge is 2.08. The lowest BCUT2D eigenvalue weighted by atomic mass is 9.98. The van der Waals surface area contributed by atoms with Gasteiger partial charge in [-0.25, -0.2) is 0 Å². The van der Waals surface area contributed by atoms with Crippen LogP contribution in [-0.4, -0.2) is 7.11 Å². The first-order valence-corrected chi connectivity index (χ1v) is 6.07. The minimum absolute atomic E-state index is 0.591. The largest absolute Gasteiger partial charge is 0.497 e. The average molecular weight is 270 g/mol. The molecule has 0 aromatic heterocycles. The minimum Gasteiger partial charge on any atom is -0.497 e. The van der Waals surface area contributed by atoms with Gasteiger partial charge in [0.15, 0.2) is 0 Å². The Labute approximate surface area is 117 Å². The summed E-state index contributed by atoms with van der Waals surface area (Å²) in [5.74, 6) is 0.710. The number of rotatable bonds is 3. The van der Waals surface area contributed by atoms with E-state index in [-0.39, 0.29) is 0 Å². The smallest absolute Gasteiger partial charge is 0.120 e. The van der Waals surface area contributed by atoms with Crippen molar-refractivity contribution in [3.8, 4) is 11.8 Å². The zero-order chi connectivity index (χ0) is 13.8. The van der Waals surface area contributed by atoms with Gasteiger partial charge in [-0.05, 0) is 41.5 Å². The molecule has 2 rings (SSSR count). The molecule has 0 aliphatic rings. The van der Waals surface area contributed by atoms with Gasteiger partial charge in [0, 0.05) is 5.56 Å². The minimum atomic E-state index is 0.591. The van der Waals surface area contributed by atoms with Crippen LogP contribution in [0.3, 0.4) is 0 Å². The first kappa shape index (κ1) is 13.2. The molecule has 0 fully saturated rings. The normalized spacial score (nSPS) is 9.74. The van der Waals surface area contributed by atoms with E-state index >= 15 is 0 Å². The summed E-state index contributed by atoms with van der Waals surface area (Å²) in [7, 11) is 1.60. The molecule has 0 amide bonds. The van der Waals surface area contributed by atoms with Crippen LogP contribution in [0.2, 0.25) is 5.02 Å². The molecule has 94 valence electrons. The first-order valence-electron chi connectivity index (χ1n) is 5.69. The summed E-state index contributed by atoms with van der Waals surface area (Å²) in [5, 5.41) is 9.37. The fourth-order valence-corrected chi connectivity index (χ4v) is 2.05. The average Bonchev–Trinajstić information content (AvgIpc) is 2.46. The van der Waals surface area contributed by atoms with Crippen molar-refractivity contribution in [2.75, 3.05) is 7.11 Å². The zero-order valence-electron chi connectivity index (χ0n) is 10.5. The molecule has 0 radical (unpaired) electrons. The van der Waals surface area contributed by atoms with E-state index in [1.807, 2.05) is 24.3 Å². The van der Waals surface area contributed by atoms with Gasteiger partial charge in [-0.1, -0.05) is 30.3 Å². The number of ether oxygens (including phenoxy) is 1.